The van der Waals surface area contributed by atoms with Crippen molar-refractivity contribution < 1.29 is 9.53 Å². The van der Waals surface area contributed by atoms with E-state index in [-0.39, 0.29) is 18.4 Å². The van der Waals surface area contributed by atoms with E-state index in [1.807, 2.05) is 35.2 Å². The molecular formula is C16H20N2O2. The second-order valence-corrected chi connectivity index (χ2v) is 5.28. The molecule has 1 aliphatic carbocycles. The number of benzene rings is 1. The number of nitrogens with zero attached hydrogens (tertiary/aromatic N) is 2. The lowest BCUT2D eigenvalue weighted by Crippen LogP contribution is -2.39. The number of carbonyl (C=O) groups excluding carboxylic acids is 1. The van der Waals surface area contributed by atoms with Gasteiger partial charge in [-0.05, 0) is 43.4 Å². The molecule has 0 saturated heterocycles. The van der Waals surface area contributed by atoms with Crippen molar-refractivity contribution in [3.05, 3.63) is 29.8 Å². The Morgan fingerprint density at radius 1 is 1.45 bits per heavy atom. The molecule has 0 spiro atoms. The van der Waals surface area contributed by atoms with Gasteiger partial charge in [0, 0.05) is 12.6 Å². The van der Waals surface area contributed by atoms with Crippen molar-refractivity contribution in [3.63, 3.8) is 0 Å². The lowest BCUT2D eigenvalue weighted by molar-refractivity contribution is -0.133. The molecule has 1 aromatic carbocycles. The second kappa shape index (κ2) is 6.42. The van der Waals surface area contributed by atoms with Crippen LogP contribution in [0.3, 0.4) is 0 Å². The van der Waals surface area contributed by atoms with Gasteiger partial charge in [-0.15, -0.1) is 0 Å². The monoisotopic (exact) mass is 272 g/mol. The summed E-state index contributed by atoms with van der Waals surface area (Å²) in [5, 5.41) is 8.74. The number of methoxy groups -OCH3 is 1. The Kier molecular flexibility index (Phi) is 4.62. The van der Waals surface area contributed by atoms with E-state index in [4.69, 9.17) is 10.00 Å². The van der Waals surface area contributed by atoms with Crippen molar-refractivity contribution in [2.45, 2.75) is 38.8 Å². The predicted octanol–water partition coefficient (Wildman–Crippen LogP) is 2.74. The van der Waals surface area contributed by atoms with Crippen LogP contribution in [0.5, 0.6) is 5.75 Å². The summed E-state index contributed by atoms with van der Waals surface area (Å²) >= 11 is 0. The minimum atomic E-state index is -0.0808. The average molecular weight is 272 g/mol. The first kappa shape index (κ1) is 14.4. The fraction of sp³-hybridized carbons (Fsp3) is 0.500. The number of hydrogen-bond acceptors (Lipinski definition) is 3. The van der Waals surface area contributed by atoms with Gasteiger partial charge in [0.2, 0.25) is 5.91 Å². The van der Waals surface area contributed by atoms with Crippen LogP contribution >= 0.6 is 0 Å². The largest absolute Gasteiger partial charge is 0.497 e. The summed E-state index contributed by atoms with van der Waals surface area (Å²) < 4.78 is 5.13. The smallest absolute Gasteiger partial charge is 0.237 e. The van der Waals surface area contributed by atoms with Gasteiger partial charge >= 0.3 is 0 Å². The first-order valence-electron chi connectivity index (χ1n) is 6.95. The van der Waals surface area contributed by atoms with E-state index < -0.39 is 0 Å². The van der Waals surface area contributed by atoms with E-state index in [9.17, 15) is 4.79 Å². The van der Waals surface area contributed by atoms with Gasteiger partial charge in [-0.1, -0.05) is 12.1 Å². The third-order valence-electron chi connectivity index (χ3n) is 3.86. The molecule has 1 saturated carbocycles. The van der Waals surface area contributed by atoms with Gasteiger partial charge < -0.3 is 9.64 Å². The van der Waals surface area contributed by atoms with E-state index in [0.29, 0.717) is 12.5 Å². The average Bonchev–Trinajstić information content (AvgIpc) is 3.29. The zero-order chi connectivity index (χ0) is 14.5. The molecule has 0 aliphatic heterocycles. The molecular weight excluding hydrogens is 252 g/mol. The lowest BCUT2D eigenvalue weighted by Gasteiger charge is -2.29. The maximum absolute atomic E-state index is 12.1. The zero-order valence-corrected chi connectivity index (χ0v) is 12.0. The molecule has 1 atom stereocenters. The fourth-order valence-corrected chi connectivity index (χ4v) is 2.39. The van der Waals surface area contributed by atoms with Crippen molar-refractivity contribution in [3.8, 4) is 11.8 Å². The van der Waals surface area contributed by atoms with Crippen LogP contribution in [-0.4, -0.2) is 24.0 Å². The minimum absolute atomic E-state index is 0.0484. The maximum atomic E-state index is 12.1. The van der Waals surface area contributed by atoms with Crippen LogP contribution in [0, 0.1) is 17.2 Å². The first-order valence-corrected chi connectivity index (χ1v) is 6.95. The van der Waals surface area contributed by atoms with Gasteiger partial charge in [0.1, 0.15) is 12.2 Å². The molecule has 1 amide bonds. The molecule has 0 aromatic heterocycles. The third-order valence-corrected chi connectivity index (χ3v) is 3.86. The van der Waals surface area contributed by atoms with Gasteiger partial charge in [0.25, 0.3) is 0 Å². The van der Waals surface area contributed by atoms with Crippen LogP contribution in [0.2, 0.25) is 0 Å². The first-order chi connectivity index (χ1) is 9.65. The van der Waals surface area contributed by atoms with Crippen LogP contribution in [0.4, 0.5) is 0 Å². The molecule has 20 heavy (non-hydrogen) atoms. The van der Waals surface area contributed by atoms with Crippen molar-refractivity contribution in [1.29, 1.82) is 5.26 Å². The highest BCUT2D eigenvalue weighted by atomic mass is 16.5. The third kappa shape index (κ3) is 3.51. The summed E-state index contributed by atoms with van der Waals surface area (Å²) in [5.74, 6) is 1.32. The number of nitriles is 1. The Bertz CT molecular complexity index is 500. The van der Waals surface area contributed by atoms with Crippen LogP contribution in [-0.2, 0) is 11.3 Å². The summed E-state index contributed by atoms with van der Waals surface area (Å²) in [6.45, 7) is 2.64. The van der Waals surface area contributed by atoms with E-state index in [2.05, 4.69) is 6.92 Å². The number of carbonyl (C=O) groups is 1. The number of hydrogen-bond donors (Lipinski definition) is 0. The van der Waals surface area contributed by atoms with Crippen molar-refractivity contribution in [2.24, 2.45) is 5.92 Å². The fourth-order valence-electron chi connectivity index (χ4n) is 2.39. The molecule has 1 aromatic rings. The summed E-state index contributed by atoms with van der Waals surface area (Å²) in [7, 11) is 1.63. The SMILES string of the molecule is COc1ccc(CN(C(=O)CC#N)C(C)C2CC2)cc1. The Hall–Kier alpha value is -2.02. The summed E-state index contributed by atoms with van der Waals surface area (Å²) in [4.78, 5) is 14.0. The molecule has 4 heteroatoms. The minimum Gasteiger partial charge on any atom is -0.497 e. The van der Waals surface area contributed by atoms with Gasteiger partial charge in [-0.3, -0.25) is 4.79 Å². The Labute approximate surface area is 120 Å². The Morgan fingerprint density at radius 2 is 2.10 bits per heavy atom. The quantitative estimate of drug-likeness (QED) is 0.800. The molecule has 0 bridgehead atoms. The van der Waals surface area contributed by atoms with Crippen LogP contribution in [0.1, 0.15) is 31.7 Å². The van der Waals surface area contributed by atoms with Crippen molar-refractivity contribution in [2.75, 3.05) is 7.11 Å². The topological polar surface area (TPSA) is 53.3 Å². The van der Waals surface area contributed by atoms with Crippen molar-refractivity contribution >= 4 is 5.91 Å². The van der Waals surface area contributed by atoms with Gasteiger partial charge in [0.15, 0.2) is 0 Å². The molecule has 0 N–H and O–H groups in total. The highest BCUT2D eigenvalue weighted by Gasteiger charge is 2.34. The normalized spacial score (nSPS) is 15.2. The van der Waals surface area contributed by atoms with Crippen LogP contribution in [0.25, 0.3) is 0 Å². The Morgan fingerprint density at radius 3 is 2.60 bits per heavy atom. The Balaban J connectivity index is 2.09. The second-order valence-electron chi connectivity index (χ2n) is 5.28. The predicted molar refractivity (Wildman–Crippen MR) is 76.0 cm³/mol. The summed E-state index contributed by atoms with van der Waals surface area (Å²) in [6, 6.07) is 9.87. The number of ether oxygens (including phenoxy) is 1. The van der Waals surface area contributed by atoms with E-state index in [1.165, 1.54) is 12.8 Å². The molecule has 0 heterocycles. The lowest BCUT2D eigenvalue weighted by atomic mass is 10.1. The zero-order valence-electron chi connectivity index (χ0n) is 12.0. The van der Waals surface area contributed by atoms with Gasteiger partial charge in [0.05, 0.1) is 13.2 Å². The van der Waals surface area contributed by atoms with E-state index >= 15 is 0 Å². The summed E-state index contributed by atoms with van der Waals surface area (Å²) in [6.07, 6.45) is 2.31. The van der Waals surface area contributed by atoms with E-state index in [0.717, 1.165) is 11.3 Å². The number of rotatable bonds is 6. The standard InChI is InChI=1S/C16H20N2O2/c1-12(14-5-6-14)18(16(19)9-10-17)11-13-3-7-15(20-2)8-4-13/h3-4,7-8,12,14H,5-6,9,11H2,1-2H3. The number of amides is 1. The molecule has 1 unspecified atom stereocenters. The summed E-state index contributed by atoms with van der Waals surface area (Å²) in [5.41, 5.74) is 1.06. The van der Waals surface area contributed by atoms with E-state index in [1.54, 1.807) is 7.11 Å². The molecule has 4 nitrogen and oxygen atoms in total. The van der Waals surface area contributed by atoms with Crippen LogP contribution < -0.4 is 4.74 Å². The highest BCUT2D eigenvalue weighted by Crippen LogP contribution is 2.36. The highest BCUT2D eigenvalue weighted by molar-refractivity contribution is 5.78. The molecule has 1 aliphatic rings. The van der Waals surface area contributed by atoms with Crippen molar-refractivity contribution in [1.82, 2.24) is 4.90 Å². The maximum Gasteiger partial charge on any atom is 0.237 e. The molecule has 1 fully saturated rings. The molecule has 0 radical (unpaired) electrons. The molecule has 106 valence electrons. The molecule has 2 rings (SSSR count). The van der Waals surface area contributed by atoms with Gasteiger partial charge in [-0.2, -0.15) is 5.26 Å². The van der Waals surface area contributed by atoms with Crippen LogP contribution in [0.15, 0.2) is 24.3 Å². The van der Waals surface area contributed by atoms with Gasteiger partial charge in [-0.25, -0.2) is 0 Å².